The molecule has 9 heteroatoms. The Balaban J connectivity index is 4.60. The van der Waals surface area contributed by atoms with Crippen molar-refractivity contribution < 1.29 is 16.8 Å². The summed E-state index contributed by atoms with van der Waals surface area (Å²) in [5.74, 6) is 0.170. The Morgan fingerprint density at radius 1 is 0.400 bits per heavy atom. The summed E-state index contributed by atoms with van der Waals surface area (Å²) in [6.07, 6.45) is 16.3. The van der Waals surface area contributed by atoms with Gasteiger partial charge in [-0.25, -0.2) is 0 Å². The van der Waals surface area contributed by atoms with Gasteiger partial charge in [0.05, 0.1) is 0 Å². The van der Waals surface area contributed by atoms with Gasteiger partial charge in [-0.3, -0.25) is 0 Å². The van der Waals surface area contributed by atoms with Crippen molar-refractivity contribution in [1.82, 2.24) is 0 Å². The predicted molar refractivity (Wildman–Crippen MR) is 207 cm³/mol. The molecule has 0 unspecified atom stereocenters. The Morgan fingerprint density at radius 3 is 0.822 bits per heavy atom. The third kappa shape index (κ3) is 12.8. The van der Waals surface area contributed by atoms with Crippen LogP contribution >= 0.6 is 11.3 Å². The minimum absolute atomic E-state index is 0.0850. The fourth-order valence-corrected chi connectivity index (χ4v) is 60.5. The zero-order valence-corrected chi connectivity index (χ0v) is 39.0. The first-order valence-corrected chi connectivity index (χ1v) is 38.2. The van der Waals surface area contributed by atoms with E-state index in [-0.39, 0.29) is 11.5 Å². The Hall–Kier alpha value is 1.20. The van der Waals surface area contributed by atoms with E-state index >= 15 is 0 Å². The molecule has 0 saturated carbocycles. The van der Waals surface area contributed by atoms with Crippen LogP contribution in [0.3, 0.4) is 0 Å². The van der Waals surface area contributed by atoms with E-state index in [0.717, 1.165) is 117 Å². The average molecular weight is 903 g/mol. The number of unbranched alkanes of at least 4 members (excludes halogenated alkanes) is 8. The van der Waals surface area contributed by atoms with E-state index in [9.17, 15) is 16.8 Å². The number of hydrogen-bond acceptors (Lipinski definition) is 5. The second kappa shape index (κ2) is 22.8. The van der Waals surface area contributed by atoms with Gasteiger partial charge in [0.2, 0.25) is 0 Å². The summed E-state index contributed by atoms with van der Waals surface area (Å²) in [5.41, 5.74) is 0. The minimum atomic E-state index is -3.73. The number of rotatable bonds is 28. The van der Waals surface area contributed by atoms with Crippen LogP contribution in [0.15, 0.2) is 9.79 Å². The van der Waals surface area contributed by atoms with Crippen molar-refractivity contribution in [2.24, 2.45) is 0 Å². The third-order valence-electron chi connectivity index (χ3n) is 9.99. The quantitative estimate of drug-likeness (QED) is 0.0786. The standard InChI is InChI=1S/C12H18O4S3.6C4H9.2Sn/c1-3-5-7-18(13,14)11-9-17-10-12(11)19(15,16)8-6-4-2;6*1-3-4-2;;/h3-8H2,1-2H3;6*1,3-4H2,2H3;;. The van der Waals surface area contributed by atoms with Crippen LogP contribution in [0.2, 0.25) is 26.6 Å². The van der Waals surface area contributed by atoms with Crippen LogP contribution in [0.1, 0.15) is 158 Å². The summed E-state index contributed by atoms with van der Waals surface area (Å²) in [5, 5.41) is 0. The average Bonchev–Trinajstić information content (AvgIpc) is 3.47. The van der Waals surface area contributed by atoms with Crippen LogP contribution in [-0.2, 0) is 19.7 Å². The summed E-state index contributed by atoms with van der Waals surface area (Å²) >= 11 is -4.86. The Labute approximate surface area is 293 Å². The number of hydrogen-bond donors (Lipinski definition) is 0. The molecule has 0 aromatic carbocycles. The van der Waals surface area contributed by atoms with Crippen LogP contribution in [0.5, 0.6) is 0 Å². The van der Waals surface area contributed by atoms with Gasteiger partial charge >= 0.3 is 296 Å². The topological polar surface area (TPSA) is 68.3 Å². The second-order valence-electron chi connectivity index (χ2n) is 13.9. The van der Waals surface area contributed by atoms with Crippen LogP contribution in [0.4, 0.5) is 0 Å². The summed E-state index contributed by atoms with van der Waals surface area (Å²) in [6.45, 7) is 17.7. The Morgan fingerprint density at radius 2 is 0.622 bits per heavy atom. The summed E-state index contributed by atoms with van der Waals surface area (Å²) in [6, 6.07) is 0. The van der Waals surface area contributed by atoms with E-state index < -0.39 is 56.4 Å². The molecule has 0 aliphatic heterocycles. The molecule has 0 aliphatic rings. The van der Waals surface area contributed by atoms with E-state index in [2.05, 4.69) is 41.5 Å². The molecule has 0 spiro atoms. The van der Waals surface area contributed by atoms with Gasteiger partial charge in [-0.2, -0.15) is 0 Å². The summed E-state index contributed by atoms with van der Waals surface area (Å²) in [7, 11) is -7.47. The van der Waals surface area contributed by atoms with Crippen molar-refractivity contribution >= 4 is 73.6 Å². The molecule has 0 amide bonds. The number of thiophene rings is 1. The van der Waals surface area contributed by atoms with E-state index in [1.54, 1.807) is 0 Å². The van der Waals surface area contributed by atoms with Crippen molar-refractivity contribution in [3.63, 3.8) is 0 Å². The van der Waals surface area contributed by atoms with Crippen molar-refractivity contribution in [2.75, 3.05) is 11.5 Å². The van der Waals surface area contributed by atoms with Gasteiger partial charge in [-0.1, -0.05) is 0 Å². The van der Waals surface area contributed by atoms with Gasteiger partial charge in [0.15, 0.2) is 0 Å². The molecule has 266 valence electrons. The predicted octanol–water partition coefficient (Wildman–Crippen LogP) is 11.0. The first-order valence-electron chi connectivity index (χ1n) is 19.1. The maximum absolute atomic E-state index is 14.8. The van der Waals surface area contributed by atoms with Crippen LogP contribution < -0.4 is 5.79 Å². The molecule has 1 rings (SSSR count). The maximum atomic E-state index is 14.8. The first kappa shape index (κ1) is 44.2. The van der Waals surface area contributed by atoms with Crippen LogP contribution in [0, 0.1) is 0 Å². The molecule has 0 aliphatic carbocycles. The van der Waals surface area contributed by atoms with Gasteiger partial charge in [0.25, 0.3) is 0 Å². The van der Waals surface area contributed by atoms with Gasteiger partial charge in [0.1, 0.15) is 0 Å². The zero-order chi connectivity index (χ0) is 34.0. The summed E-state index contributed by atoms with van der Waals surface area (Å²) < 4.78 is 68.6. The van der Waals surface area contributed by atoms with Crippen molar-refractivity contribution in [1.29, 1.82) is 0 Å². The van der Waals surface area contributed by atoms with Crippen LogP contribution in [-0.4, -0.2) is 65.1 Å². The van der Waals surface area contributed by atoms with Crippen LogP contribution in [0.25, 0.3) is 0 Å². The van der Waals surface area contributed by atoms with Crippen molar-refractivity contribution in [3.05, 3.63) is 0 Å². The molecule has 0 N–H and O–H groups in total. The normalized spacial score (nSPS) is 13.2. The molecule has 45 heavy (non-hydrogen) atoms. The molecule has 0 bridgehead atoms. The number of sulfone groups is 2. The van der Waals surface area contributed by atoms with E-state index in [0.29, 0.717) is 22.6 Å². The molecule has 1 heterocycles. The fourth-order valence-electron chi connectivity index (χ4n) is 7.06. The van der Waals surface area contributed by atoms with Gasteiger partial charge in [-0.15, -0.1) is 0 Å². The molecule has 0 radical (unpaired) electrons. The van der Waals surface area contributed by atoms with Crippen molar-refractivity contribution in [3.8, 4) is 0 Å². The molecule has 1 aromatic rings. The SMILES string of the molecule is CCCCS(=O)(=O)c1[c]([Sn]([CH2]CCC)([CH2]CCC)[CH2]CCC)s[c]([Sn]([CH2]CCC)([CH2]CCC)[CH2]CCC)c1S(=O)(=O)CCCC. The van der Waals surface area contributed by atoms with Gasteiger partial charge in [-0.05, 0) is 0 Å². The summed E-state index contributed by atoms with van der Waals surface area (Å²) in [4.78, 5) is 0.800. The van der Waals surface area contributed by atoms with E-state index in [4.69, 9.17) is 0 Å². The zero-order valence-electron chi connectivity index (χ0n) is 30.8. The molecule has 0 atom stereocenters. The Bertz CT molecular complexity index is 1030. The molecule has 0 saturated heterocycles. The van der Waals surface area contributed by atoms with Gasteiger partial charge in [0, 0.05) is 0 Å². The molecular formula is C36H72O4S3Sn2. The Kier molecular flexibility index (Phi) is 22.4. The van der Waals surface area contributed by atoms with Crippen molar-refractivity contribution in [2.45, 2.75) is 195 Å². The molecule has 0 fully saturated rings. The van der Waals surface area contributed by atoms with E-state index in [1.807, 2.05) is 25.2 Å². The monoisotopic (exact) mass is 904 g/mol. The molecule has 1 aromatic heterocycles. The van der Waals surface area contributed by atoms with Gasteiger partial charge < -0.3 is 0 Å². The third-order valence-corrected chi connectivity index (χ3v) is 52.9. The molecular weight excluding hydrogens is 830 g/mol. The first-order chi connectivity index (χ1) is 21.5. The molecule has 4 nitrogen and oxygen atoms in total. The second-order valence-corrected chi connectivity index (χ2v) is 47.2. The fraction of sp³-hybridized carbons (Fsp3) is 0.889. The van der Waals surface area contributed by atoms with E-state index in [1.165, 1.54) is 5.79 Å².